The highest BCUT2D eigenvalue weighted by atomic mass is 19.4. The fraction of sp³-hybridized carbons (Fsp3) is 0.333. The molecule has 0 spiro atoms. The predicted molar refractivity (Wildman–Crippen MR) is 58.8 cm³/mol. The molecule has 0 N–H and O–H groups in total. The lowest BCUT2D eigenvalue weighted by atomic mass is 10.0. The third kappa shape index (κ3) is 4.03. The summed E-state index contributed by atoms with van der Waals surface area (Å²) in [5.74, 6) is -3.02. The van der Waals surface area contributed by atoms with Crippen LogP contribution < -0.4 is 4.74 Å². The van der Waals surface area contributed by atoms with Crippen molar-refractivity contribution in [2.45, 2.75) is 19.5 Å². The van der Waals surface area contributed by atoms with E-state index in [1.165, 1.54) is 6.92 Å². The van der Waals surface area contributed by atoms with E-state index in [9.17, 15) is 31.1 Å². The second-order valence-electron chi connectivity index (χ2n) is 3.74. The lowest BCUT2D eigenvalue weighted by Gasteiger charge is -2.17. The van der Waals surface area contributed by atoms with Crippen LogP contribution in [0, 0.1) is 11.3 Å². The van der Waals surface area contributed by atoms with Gasteiger partial charge in [-0.2, -0.15) is 18.4 Å². The van der Waals surface area contributed by atoms with Crippen molar-refractivity contribution in [1.29, 1.82) is 5.26 Å². The maximum Gasteiger partial charge on any atom is 0.573 e. The quantitative estimate of drug-likeness (QED) is 0.628. The Kier molecular flexibility index (Phi) is 4.91. The highest BCUT2D eigenvalue weighted by Crippen LogP contribution is 2.41. The van der Waals surface area contributed by atoms with Gasteiger partial charge in [-0.15, -0.1) is 13.2 Å². The van der Waals surface area contributed by atoms with Gasteiger partial charge >= 0.3 is 18.5 Å². The Morgan fingerprint density at radius 2 is 1.82 bits per heavy atom. The summed E-state index contributed by atoms with van der Waals surface area (Å²) in [6.45, 7) is 1.20. The standard InChI is InChI=1S/C12H7F6NO3/c1-2-21-10(20)6-3-4-8(11(13,14)15)9(7(6)5-19)22-12(16,17)18/h3-4H,2H2,1H3. The number of rotatable bonds is 3. The van der Waals surface area contributed by atoms with Crippen LogP contribution in [-0.2, 0) is 10.9 Å². The number of ether oxygens (including phenoxy) is 2. The minimum atomic E-state index is -5.47. The summed E-state index contributed by atoms with van der Waals surface area (Å²) in [5.41, 5.74) is -3.78. The second kappa shape index (κ2) is 6.13. The van der Waals surface area contributed by atoms with Crippen LogP contribution in [0.2, 0.25) is 0 Å². The SMILES string of the molecule is CCOC(=O)c1ccc(C(F)(F)F)c(OC(F)(F)F)c1C#N. The van der Waals surface area contributed by atoms with Crippen LogP contribution in [0.15, 0.2) is 12.1 Å². The molecule has 0 aliphatic rings. The number of hydrogen-bond acceptors (Lipinski definition) is 4. The molecule has 22 heavy (non-hydrogen) atoms. The molecule has 0 atom stereocenters. The maximum atomic E-state index is 12.7. The average Bonchev–Trinajstić information content (AvgIpc) is 2.35. The molecular weight excluding hydrogens is 320 g/mol. The Morgan fingerprint density at radius 3 is 2.23 bits per heavy atom. The van der Waals surface area contributed by atoms with Crippen molar-refractivity contribution in [2.24, 2.45) is 0 Å². The maximum absolute atomic E-state index is 12.7. The number of nitrogens with zero attached hydrogens (tertiary/aromatic N) is 1. The van der Waals surface area contributed by atoms with E-state index in [0.29, 0.717) is 6.07 Å². The number of carbonyl (C=O) groups is 1. The smallest absolute Gasteiger partial charge is 0.462 e. The Morgan fingerprint density at radius 1 is 1.23 bits per heavy atom. The molecule has 4 nitrogen and oxygen atoms in total. The van der Waals surface area contributed by atoms with Crippen molar-refractivity contribution < 1.29 is 40.6 Å². The highest BCUT2D eigenvalue weighted by Gasteiger charge is 2.42. The lowest BCUT2D eigenvalue weighted by molar-refractivity contribution is -0.276. The molecule has 120 valence electrons. The van der Waals surface area contributed by atoms with E-state index >= 15 is 0 Å². The predicted octanol–water partition coefficient (Wildman–Crippen LogP) is 3.65. The first-order chi connectivity index (χ1) is 10.0. The fourth-order valence-corrected chi connectivity index (χ4v) is 1.52. The molecule has 0 saturated heterocycles. The van der Waals surface area contributed by atoms with Gasteiger partial charge in [0.1, 0.15) is 11.6 Å². The first kappa shape index (κ1) is 17.6. The van der Waals surface area contributed by atoms with Gasteiger partial charge in [0, 0.05) is 0 Å². The summed E-state index contributed by atoms with van der Waals surface area (Å²) >= 11 is 0. The van der Waals surface area contributed by atoms with Crippen molar-refractivity contribution >= 4 is 5.97 Å². The molecular formula is C12H7F6NO3. The van der Waals surface area contributed by atoms with Crippen LogP contribution in [0.4, 0.5) is 26.3 Å². The zero-order chi connectivity index (χ0) is 17.1. The van der Waals surface area contributed by atoms with Gasteiger partial charge in [0.15, 0.2) is 5.75 Å². The van der Waals surface area contributed by atoms with Crippen LogP contribution >= 0.6 is 0 Å². The second-order valence-corrected chi connectivity index (χ2v) is 3.74. The summed E-state index contributed by atoms with van der Waals surface area (Å²) in [7, 11) is 0. The van der Waals surface area contributed by atoms with E-state index in [1.54, 1.807) is 0 Å². The summed E-state index contributed by atoms with van der Waals surface area (Å²) in [6, 6.07) is 1.89. The van der Waals surface area contributed by atoms with Gasteiger partial charge in [-0.1, -0.05) is 0 Å². The minimum absolute atomic E-state index is 0.180. The summed E-state index contributed by atoms with van der Waals surface area (Å²) < 4.78 is 82.9. The summed E-state index contributed by atoms with van der Waals surface area (Å²) in [5, 5.41) is 8.83. The van der Waals surface area contributed by atoms with Crippen molar-refractivity contribution in [3.05, 3.63) is 28.8 Å². The largest absolute Gasteiger partial charge is 0.573 e. The molecule has 0 saturated carbocycles. The third-order valence-electron chi connectivity index (χ3n) is 2.29. The lowest BCUT2D eigenvalue weighted by Crippen LogP contribution is -2.22. The van der Waals surface area contributed by atoms with Crippen molar-refractivity contribution in [1.82, 2.24) is 0 Å². The molecule has 0 radical (unpaired) electrons. The number of esters is 1. The Bertz CT molecular complexity index is 615. The zero-order valence-electron chi connectivity index (χ0n) is 10.8. The Hall–Kier alpha value is -2.44. The topological polar surface area (TPSA) is 59.3 Å². The van der Waals surface area contributed by atoms with E-state index in [2.05, 4.69) is 9.47 Å². The van der Waals surface area contributed by atoms with Gasteiger partial charge in [-0.3, -0.25) is 0 Å². The van der Waals surface area contributed by atoms with E-state index in [1.807, 2.05) is 0 Å². The van der Waals surface area contributed by atoms with Crippen LogP contribution in [0.5, 0.6) is 5.75 Å². The fourth-order valence-electron chi connectivity index (χ4n) is 1.52. The van der Waals surface area contributed by atoms with Gasteiger partial charge in [-0.05, 0) is 19.1 Å². The molecule has 0 aromatic heterocycles. The van der Waals surface area contributed by atoms with Gasteiger partial charge in [-0.25, -0.2) is 4.79 Å². The molecule has 0 heterocycles. The van der Waals surface area contributed by atoms with E-state index in [0.717, 1.165) is 6.07 Å². The molecule has 0 aliphatic carbocycles. The summed E-state index contributed by atoms with van der Waals surface area (Å²) in [6.07, 6.45) is -10.7. The molecule has 0 aliphatic heterocycles. The molecule has 0 unspecified atom stereocenters. The first-order valence-electron chi connectivity index (χ1n) is 5.58. The molecule has 1 aromatic rings. The normalized spacial score (nSPS) is 11.7. The van der Waals surface area contributed by atoms with E-state index < -0.39 is 40.9 Å². The van der Waals surface area contributed by atoms with Crippen molar-refractivity contribution in [2.75, 3.05) is 6.61 Å². The molecule has 1 aromatic carbocycles. The first-order valence-corrected chi connectivity index (χ1v) is 5.58. The number of nitriles is 1. The van der Waals surface area contributed by atoms with E-state index in [4.69, 9.17) is 5.26 Å². The Balaban J connectivity index is 3.60. The van der Waals surface area contributed by atoms with Crippen LogP contribution in [0.1, 0.15) is 28.4 Å². The summed E-state index contributed by atoms with van der Waals surface area (Å²) in [4.78, 5) is 11.5. The van der Waals surface area contributed by atoms with Gasteiger partial charge in [0.2, 0.25) is 0 Å². The number of carbonyl (C=O) groups excluding carboxylic acids is 1. The molecule has 0 fully saturated rings. The number of benzene rings is 1. The Labute approximate surface area is 119 Å². The molecule has 1 rings (SSSR count). The number of halogens is 6. The monoisotopic (exact) mass is 327 g/mol. The zero-order valence-corrected chi connectivity index (χ0v) is 10.8. The molecule has 0 amide bonds. The third-order valence-corrected chi connectivity index (χ3v) is 2.29. The number of hydrogen-bond donors (Lipinski definition) is 0. The minimum Gasteiger partial charge on any atom is -0.462 e. The van der Waals surface area contributed by atoms with Crippen LogP contribution in [0.3, 0.4) is 0 Å². The van der Waals surface area contributed by atoms with Crippen molar-refractivity contribution in [3.63, 3.8) is 0 Å². The van der Waals surface area contributed by atoms with Crippen molar-refractivity contribution in [3.8, 4) is 11.8 Å². The average molecular weight is 327 g/mol. The number of alkyl halides is 6. The van der Waals surface area contributed by atoms with Gasteiger partial charge in [0.05, 0.1) is 17.7 Å². The van der Waals surface area contributed by atoms with Crippen LogP contribution in [-0.4, -0.2) is 18.9 Å². The highest BCUT2D eigenvalue weighted by molar-refractivity contribution is 5.93. The van der Waals surface area contributed by atoms with Gasteiger partial charge in [0.25, 0.3) is 0 Å². The molecule has 10 heteroatoms. The van der Waals surface area contributed by atoms with Gasteiger partial charge < -0.3 is 9.47 Å². The van der Waals surface area contributed by atoms with Crippen LogP contribution in [0.25, 0.3) is 0 Å². The van der Waals surface area contributed by atoms with E-state index in [-0.39, 0.29) is 12.7 Å². The molecule has 0 bridgehead atoms.